The predicted molar refractivity (Wildman–Crippen MR) is 85.8 cm³/mol. The van der Waals surface area contributed by atoms with Gasteiger partial charge >= 0.3 is 6.03 Å². The van der Waals surface area contributed by atoms with Gasteiger partial charge < -0.3 is 15.4 Å². The molecule has 2 amide bonds. The van der Waals surface area contributed by atoms with Gasteiger partial charge in [0.25, 0.3) is 0 Å². The van der Waals surface area contributed by atoms with Gasteiger partial charge in [0.2, 0.25) is 0 Å². The van der Waals surface area contributed by atoms with Gasteiger partial charge in [-0.25, -0.2) is 9.18 Å². The summed E-state index contributed by atoms with van der Waals surface area (Å²) in [6.45, 7) is 0.374. The molecule has 1 aliphatic rings. The number of urea groups is 1. The van der Waals surface area contributed by atoms with Crippen molar-refractivity contribution in [2.24, 2.45) is 0 Å². The third kappa shape index (κ3) is 3.44. The Kier molecular flexibility index (Phi) is 4.46. The average Bonchev–Trinajstić information content (AvgIpc) is 2.95. The Morgan fingerprint density at radius 3 is 2.96 bits per heavy atom. The van der Waals surface area contributed by atoms with Gasteiger partial charge in [0.15, 0.2) is 0 Å². The fraction of sp³-hybridized carbons (Fsp3) is 0.278. The van der Waals surface area contributed by atoms with Crippen LogP contribution in [0.5, 0.6) is 5.75 Å². The number of methoxy groups -OCH3 is 1. The van der Waals surface area contributed by atoms with Crippen LogP contribution in [0, 0.1) is 5.82 Å². The molecule has 0 saturated carbocycles. The van der Waals surface area contributed by atoms with Crippen molar-refractivity contribution in [3.05, 3.63) is 65.0 Å². The standard InChI is InChI=1S/C18H19FN2O2/c1-23-17-5-3-2-4-13(17)11-20-18(22)21-16-9-7-12-6-8-14(19)10-15(12)16/h2-6,8,10,16H,7,9,11H2,1H3,(H2,20,21,22). The highest BCUT2D eigenvalue weighted by atomic mass is 19.1. The quantitative estimate of drug-likeness (QED) is 0.909. The van der Waals surface area contributed by atoms with Gasteiger partial charge in [-0.3, -0.25) is 0 Å². The summed E-state index contributed by atoms with van der Waals surface area (Å²) in [7, 11) is 1.60. The third-order valence-corrected chi connectivity index (χ3v) is 4.12. The van der Waals surface area contributed by atoms with Crippen LogP contribution in [0.1, 0.15) is 29.2 Å². The molecule has 1 aliphatic carbocycles. The maximum atomic E-state index is 13.4. The van der Waals surface area contributed by atoms with Crippen molar-refractivity contribution in [3.8, 4) is 5.75 Å². The van der Waals surface area contributed by atoms with Crippen LogP contribution in [-0.4, -0.2) is 13.1 Å². The number of carbonyl (C=O) groups excluding carboxylic acids is 1. The zero-order chi connectivity index (χ0) is 16.2. The van der Waals surface area contributed by atoms with E-state index in [1.807, 2.05) is 24.3 Å². The van der Waals surface area contributed by atoms with Gasteiger partial charge in [-0.2, -0.15) is 0 Å². The summed E-state index contributed by atoms with van der Waals surface area (Å²) >= 11 is 0. The lowest BCUT2D eigenvalue weighted by molar-refractivity contribution is 0.236. The third-order valence-electron chi connectivity index (χ3n) is 4.12. The maximum Gasteiger partial charge on any atom is 0.315 e. The van der Waals surface area contributed by atoms with E-state index in [-0.39, 0.29) is 17.9 Å². The summed E-state index contributed by atoms with van der Waals surface area (Å²) in [6.07, 6.45) is 1.65. The largest absolute Gasteiger partial charge is 0.496 e. The highest BCUT2D eigenvalue weighted by molar-refractivity contribution is 5.74. The van der Waals surface area contributed by atoms with E-state index in [1.54, 1.807) is 13.2 Å². The molecule has 1 unspecified atom stereocenters. The minimum Gasteiger partial charge on any atom is -0.496 e. The van der Waals surface area contributed by atoms with E-state index >= 15 is 0 Å². The van der Waals surface area contributed by atoms with Crippen LogP contribution in [0.15, 0.2) is 42.5 Å². The Balaban J connectivity index is 1.60. The number of hydrogen-bond donors (Lipinski definition) is 2. The number of rotatable bonds is 4. The molecule has 0 saturated heterocycles. The summed E-state index contributed by atoms with van der Waals surface area (Å²) in [6, 6.07) is 11.9. The zero-order valence-electron chi connectivity index (χ0n) is 12.9. The van der Waals surface area contributed by atoms with E-state index in [1.165, 1.54) is 12.1 Å². The van der Waals surface area contributed by atoms with Crippen LogP contribution >= 0.6 is 0 Å². The van der Waals surface area contributed by atoms with E-state index in [2.05, 4.69) is 10.6 Å². The summed E-state index contributed by atoms with van der Waals surface area (Å²) in [5, 5.41) is 5.73. The number of para-hydroxylation sites is 1. The molecule has 2 aromatic rings. The number of halogens is 1. The van der Waals surface area contributed by atoms with Gasteiger partial charge in [0, 0.05) is 12.1 Å². The first-order valence-electron chi connectivity index (χ1n) is 7.62. The summed E-state index contributed by atoms with van der Waals surface area (Å²) < 4.78 is 18.6. The number of carbonyl (C=O) groups is 1. The molecular weight excluding hydrogens is 295 g/mol. The number of amides is 2. The summed E-state index contributed by atoms with van der Waals surface area (Å²) in [5.41, 5.74) is 2.88. The molecule has 0 fully saturated rings. The molecule has 3 rings (SSSR count). The monoisotopic (exact) mass is 314 g/mol. The lowest BCUT2D eigenvalue weighted by Crippen LogP contribution is -2.37. The first kappa shape index (κ1) is 15.3. The average molecular weight is 314 g/mol. The van der Waals surface area contributed by atoms with Crippen molar-refractivity contribution in [3.63, 3.8) is 0 Å². The van der Waals surface area contributed by atoms with Crippen LogP contribution in [0.2, 0.25) is 0 Å². The second-order valence-electron chi connectivity index (χ2n) is 5.57. The van der Waals surface area contributed by atoms with Crippen LogP contribution in [0.25, 0.3) is 0 Å². The second kappa shape index (κ2) is 6.69. The first-order chi connectivity index (χ1) is 11.2. The van der Waals surface area contributed by atoms with Crippen molar-refractivity contribution in [1.29, 1.82) is 0 Å². The molecule has 2 N–H and O–H groups in total. The van der Waals surface area contributed by atoms with Gasteiger partial charge in [-0.1, -0.05) is 24.3 Å². The van der Waals surface area contributed by atoms with Crippen molar-refractivity contribution in [1.82, 2.24) is 10.6 Å². The highest BCUT2D eigenvalue weighted by Gasteiger charge is 2.24. The Labute approximate surface area is 134 Å². The molecule has 0 heterocycles. The molecule has 120 valence electrons. The van der Waals surface area contributed by atoms with E-state index in [0.29, 0.717) is 6.54 Å². The van der Waals surface area contributed by atoms with Crippen molar-refractivity contribution < 1.29 is 13.9 Å². The second-order valence-corrected chi connectivity index (χ2v) is 5.57. The van der Waals surface area contributed by atoms with Gasteiger partial charge in [0.05, 0.1) is 13.2 Å². The molecule has 23 heavy (non-hydrogen) atoms. The highest BCUT2D eigenvalue weighted by Crippen LogP contribution is 2.31. The molecule has 4 nitrogen and oxygen atoms in total. The minimum atomic E-state index is -0.271. The molecule has 0 spiro atoms. The zero-order valence-corrected chi connectivity index (χ0v) is 12.9. The summed E-state index contributed by atoms with van der Waals surface area (Å²) in [4.78, 5) is 12.1. The van der Waals surface area contributed by atoms with E-state index in [9.17, 15) is 9.18 Å². The van der Waals surface area contributed by atoms with E-state index in [4.69, 9.17) is 4.74 Å². The normalized spacial score (nSPS) is 15.8. The molecule has 2 aromatic carbocycles. The van der Waals surface area contributed by atoms with Crippen LogP contribution in [-0.2, 0) is 13.0 Å². The Bertz CT molecular complexity index is 718. The molecule has 1 atom stereocenters. The lowest BCUT2D eigenvalue weighted by Gasteiger charge is -2.15. The molecule has 0 bridgehead atoms. The number of aryl methyl sites for hydroxylation is 1. The maximum absolute atomic E-state index is 13.4. The van der Waals surface area contributed by atoms with Crippen LogP contribution in [0.4, 0.5) is 9.18 Å². The molecule has 0 aliphatic heterocycles. The van der Waals surface area contributed by atoms with Gasteiger partial charge in [0.1, 0.15) is 11.6 Å². The number of hydrogen-bond acceptors (Lipinski definition) is 2. The van der Waals surface area contributed by atoms with Crippen molar-refractivity contribution in [2.45, 2.75) is 25.4 Å². The van der Waals surface area contributed by atoms with Gasteiger partial charge in [-0.15, -0.1) is 0 Å². The fourth-order valence-corrected chi connectivity index (χ4v) is 2.96. The lowest BCUT2D eigenvalue weighted by atomic mass is 10.1. The Morgan fingerprint density at radius 1 is 1.30 bits per heavy atom. The van der Waals surface area contributed by atoms with Crippen LogP contribution in [0.3, 0.4) is 0 Å². The Morgan fingerprint density at radius 2 is 2.13 bits per heavy atom. The van der Waals surface area contributed by atoms with Gasteiger partial charge in [-0.05, 0) is 42.2 Å². The molecule has 5 heteroatoms. The van der Waals surface area contributed by atoms with Crippen LogP contribution < -0.4 is 15.4 Å². The topological polar surface area (TPSA) is 50.4 Å². The number of fused-ring (bicyclic) bond motifs is 1. The van der Waals surface area contributed by atoms with Crippen molar-refractivity contribution >= 4 is 6.03 Å². The predicted octanol–water partition coefficient (Wildman–Crippen LogP) is 3.32. The Hall–Kier alpha value is -2.56. The smallest absolute Gasteiger partial charge is 0.315 e. The number of benzene rings is 2. The minimum absolute atomic E-state index is 0.140. The van der Waals surface area contributed by atoms with E-state index < -0.39 is 0 Å². The number of ether oxygens (including phenoxy) is 1. The number of nitrogens with one attached hydrogen (secondary N) is 2. The molecule has 0 aromatic heterocycles. The van der Waals surface area contributed by atoms with E-state index in [0.717, 1.165) is 35.3 Å². The fourth-order valence-electron chi connectivity index (χ4n) is 2.96. The molecular formula is C18H19FN2O2. The van der Waals surface area contributed by atoms with Crippen molar-refractivity contribution in [2.75, 3.05) is 7.11 Å². The first-order valence-corrected chi connectivity index (χ1v) is 7.62. The SMILES string of the molecule is COc1ccccc1CNC(=O)NC1CCc2ccc(F)cc21. The summed E-state index contributed by atoms with van der Waals surface area (Å²) in [5.74, 6) is 0.466. The molecule has 0 radical (unpaired) electrons.